The SMILES string of the molecule is CC(N)C(C)C(=O)Cc1nn(C)c2ccccc12. The number of Topliss-reactive ketones (excluding diaryl/α,β-unsaturated/α-hetero) is 1. The van der Waals surface area contributed by atoms with Gasteiger partial charge in [-0.2, -0.15) is 5.10 Å². The van der Waals surface area contributed by atoms with Crippen molar-refractivity contribution in [2.45, 2.75) is 26.3 Å². The van der Waals surface area contributed by atoms with E-state index in [0.29, 0.717) is 6.42 Å². The van der Waals surface area contributed by atoms with Gasteiger partial charge < -0.3 is 5.73 Å². The molecule has 0 aliphatic carbocycles. The Labute approximate surface area is 107 Å². The average Bonchev–Trinajstić information content (AvgIpc) is 2.66. The van der Waals surface area contributed by atoms with Crippen LogP contribution in [0.25, 0.3) is 10.9 Å². The minimum Gasteiger partial charge on any atom is -0.327 e. The number of nitrogens with two attached hydrogens (primary N) is 1. The zero-order chi connectivity index (χ0) is 13.3. The molecule has 2 rings (SSSR count). The Morgan fingerprint density at radius 1 is 1.39 bits per heavy atom. The molecule has 1 aromatic heterocycles. The number of para-hydroxylation sites is 1. The number of ketones is 1. The topological polar surface area (TPSA) is 60.9 Å². The second-order valence-electron chi connectivity index (χ2n) is 4.88. The number of carbonyl (C=O) groups excluding carboxylic acids is 1. The fraction of sp³-hybridized carbons (Fsp3) is 0.429. The normalized spacial score (nSPS) is 14.7. The third-order valence-corrected chi connectivity index (χ3v) is 3.47. The molecule has 96 valence electrons. The van der Waals surface area contributed by atoms with Crippen molar-refractivity contribution in [1.29, 1.82) is 0 Å². The van der Waals surface area contributed by atoms with Crippen molar-refractivity contribution in [3.05, 3.63) is 30.0 Å². The summed E-state index contributed by atoms with van der Waals surface area (Å²) in [4.78, 5) is 12.1. The number of aryl methyl sites for hydroxylation is 1. The predicted molar refractivity (Wildman–Crippen MR) is 72.2 cm³/mol. The third kappa shape index (κ3) is 2.29. The van der Waals surface area contributed by atoms with Crippen LogP contribution < -0.4 is 5.73 Å². The van der Waals surface area contributed by atoms with Gasteiger partial charge in [0.2, 0.25) is 0 Å². The van der Waals surface area contributed by atoms with Gasteiger partial charge in [0.05, 0.1) is 17.6 Å². The lowest BCUT2D eigenvalue weighted by atomic mass is 9.95. The van der Waals surface area contributed by atoms with E-state index in [1.807, 2.05) is 49.8 Å². The number of fused-ring (bicyclic) bond motifs is 1. The summed E-state index contributed by atoms with van der Waals surface area (Å²) in [5, 5.41) is 5.47. The summed E-state index contributed by atoms with van der Waals surface area (Å²) in [6.07, 6.45) is 0.351. The summed E-state index contributed by atoms with van der Waals surface area (Å²) in [5.41, 5.74) is 7.65. The van der Waals surface area contributed by atoms with Crippen LogP contribution in [0.1, 0.15) is 19.5 Å². The molecule has 0 amide bonds. The highest BCUT2D eigenvalue weighted by atomic mass is 16.1. The first-order valence-corrected chi connectivity index (χ1v) is 6.19. The average molecular weight is 245 g/mol. The first-order valence-electron chi connectivity index (χ1n) is 6.19. The quantitative estimate of drug-likeness (QED) is 0.891. The number of benzene rings is 1. The van der Waals surface area contributed by atoms with Crippen molar-refractivity contribution in [3.8, 4) is 0 Å². The standard InChI is InChI=1S/C14H19N3O/c1-9(10(2)15)14(18)8-12-11-6-4-5-7-13(11)17(3)16-12/h4-7,9-10H,8,15H2,1-3H3. The van der Waals surface area contributed by atoms with Gasteiger partial charge in [0.25, 0.3) is 0 Å². The Bertz CT molecular complexity index is 571. The Kier molecular flexibility index (Phi) is 3.48. The molecule has 0 aliphatic rings. The molecule has 0 radical (unpaired) electrons. The minimum absolute atomic E-state index is 0.118. The molecule has 18 heavy (non-hydrogen) atoms. The molecule has 0 saturated heterocycles. The summed E-state index contributed by atoms with van der Waals surface area (Å²) in [5.74, 6) is 0.0135. The Balaban J connectivity index is 2.30. The molecule has 2 aromatic rings. The van der Waals surface area contributed by atoms with Crippen molar-refractivity contribution in [2.24, 2.45) is 18.7 Å². The molecule has 2 unspecified atom stereocenters. The van der Waals surface area contributed by atoms with E-state index < -0.39 is 0 Å². The fourth-order valence-electron chi connectivity index (χ4n) is 2.04. The summed E-state index contributed by atoms with van der Waals surface area (Å²) >= 11 is 0. The molecule has 0 fully saturated rings. The highest BCUT2D eigenvalue weighted by molar-refractivity contribution is 5.89. The largest absolute Gasteiger partial charge is 0.327 e. The van der Waals surface area contributed by atoms with E-state index in [1.165, 1.54) is 0 Å². The van der Waals surface area contributed by atoms with E-state index >= 15 is 0 Å². The predicted octanol–water partition coefficient (Wildman–Crippen LogP) is 1.67. The van der Waals surface area contributed by atoms with Gasteiger partial charge in [-0.15, -0.1) is 0 Å². The maximum absolute atomic E-state index is 12.1. The lowest BCUT2D eigenvalue weighted by Gasteiger charge is -2.13. The Morgan fingerprint density at radius 2 is 2.06 bits per heavy atom. The lowest BCUT2D eigenvalue weighted by molar-refractivity contribution is -0.122. The molecular weight excluding hydrogens is 226 g/mol. The number of aromatic nitrogens is 2. The molecule has 0 saturated carbocycles. The molecule has 1 heterocycles. The van der Waals surface area contributed by atoms with Crippen LogP contribution in [0.2, 0.25) is 0 Å². The first-order chi connectivity index (χ1) is 8.50. The molecule has 2 N–H and O–H groups in total. The fourth-order valence-corrected chi connectivity index (χ4v) is 2.04. The molecule has 4 heteroatoms. The van der Waals surface area contributed by atoms with Crippen LogP contribution in [0.15, 0.2) is 24.3 Å². The second kappa shape index (κ2) is 4.90. The number of hydrogen-bond donors (Lipinski definition) is 1. The monoisotopic (exact) mass is 245 g/mol. The molecule has 0 aliphatic heterocycles. The van der Waals surface area contributed by atoms with Crippen LogP contribution in [0.4, 0.5) is 0 Å². The molecule has 2 atom stereocenters. The molecular formula is C14H19N3O. The number of nitrogens with zero attached hydrogens (tertiary/aromatic N) is 2. The highest BCUT2D eigenvalue weighted by Crippen LogP contribution is 2.19. The zero-order valence-corrected chi connectivity index (χ0v) is 11.1. The molecule has 4 nitrogen and oxygen atoms in total. The van der Waals surface area contributed by atoms with Crippen LogP contribution in [0, 0.1) is 5.92 Å². The van der Waals surface area contributed by atoms with E-state index in [-0.39, 0.29) is 17.7 Å². The zero-order valence-electron chi connectivity index (χ0n) is 11.1. The maximum Gasteiger partial charge on any atom is 0.143 e. The molecule has 1 aromatic carbocycles. The van der Waals surface area contributed by atoms with E-state index in [9.17, 15) is 4.79 Å². The van der Waals surface area contributed by atoms with Gasteiger partial charge in [-0.05, 0) is 13.0 Å². The van der Waals surface area contributed by atoms with E-state index in [0.717, 1.165) is 16.6 Å². The van der Waals surface area contributed by atoms with Gasteiger partial charge in [-0.1, -0.05) is 25.1 Å². The van der Waals surface area contributed by atoms with Crippen LogP contribution in [-0.2, 0) is 18.3 Å². The van der Waals surface area contributed by atoms with E-state index in [4.69, 9.17) is 5.73 Å². The van der Waals surface area contributed by atoms with Crippen molar-refractivity contribution < 1.29 is 4.79 Å². The van der Waals surface area contributed by atoms with Gasteiger partial charge in [-0.25, -0.2) is 0 Å². The van der Waals surface area contributed by atoms with Crippen LogP contribution in [0.5, 0.6) is 0 Å². The van der Waals surface area contributed by atoms with Crippen LogP contribution in [0.3, 0.4) is 0 Å². The Morgan fingerprint density at radius 3 is 2.72 bits per heavy atom. The van der Waals surface area contributed by atoms with E-state index in [1.54, 1.807) is 0 Å². The maximum atomic E-state index is 12.1. The second-order valence-corrected chi connectivity index (χ2v) is 4.88. The van der Waals surface area contributed by atoms with Gasteiger partial charge in [0.1, 0.15) is 5.78 Å². The van der Waals surface area contributed by atoms with Gasteiger partial charge in [0, 0.05) is 24.4 Å². The summed E-state index contributed by atoms with van der Waals surface area (Å²) in [6, 6.07) is 7.83. The van der Waals surface area contributed by atoms with Gasteiger partial charge in [-0.3, -0.25) is 9.48 Å². The summed E-state index contributed by atoms with van der Waals surface area (Å²) in [7, 11) is 1.89. The lowest BCUT2D eigenvalue weighted by Crippen LogP contribution is -2.31. The van der Waals surface area contributed by atoms with Crippen molar-refractivity contribution >= 4 is 16.7 Å². The number of hydrogen-bond acceptors (Lipinski definition) is 3. The van der Waals surface area contributed by atoms with Gasteiger partial charge in [0.15, 0.2) is 0 Å². The smallest absolute Gasteiger partial charge is 0.143 e. The summed E-state index contributed by atoms with van der Waals surface area (Å²) in [6.45, 7) is 3.73. The molecule has 0 bridgehead atoms. The van der Waals surface area contributed by atoms with Crippen LogP contribution in [-0.4, -0.2) is 21.6 Å². The van der Waals surface area contributed by atoms with Gasteiger partial charge >= 0.3 is 0 Å². The van der Waals surface area contributed by atoms with Crippen molar-refractivity contribution in [1.82, 2.24) is 9.78 Å². The highest BCUT2D eigenvalue weighted by Gasteiger charge is 2.19. The molecule has 0 spiro atoms. The van der Waals surface area contributed by atoms with Crippen molar-refractivity contribution in [3.63, 3.8) is 0 Å². The van der Waals surface area contributed by atoms with Crippen molar-refractivity contribution in [2.75, 3.05) is 0 Å². The number of rotatable bonds is 4. The third-order valence-electron chi connectivity index (χ3n) is 3.47. The Hall–Kier alpha value is -1.68. The first kappa shape index (κ1) is 12.8. The summed E-state index contributed by atoms with van der Waals surface area (Å²) < 4.78 is 1.81. The number of carbonyl (C=O) groups is 1. The van der Waals surface area contributed by atoms with E-state index in [2.05, 4.69) is 5.10 Å². The minimum atomic E-state index is -0.134. The van der Waals surface area contributed by atoms with Crippen LogP contribution >= 0.6 is 0 Å².